The van der Waals surface area contributed by atoms with Crippen LogP contribution in [0, 0.1) is 5.92 Å². The molecule has 2 heterocycles. The van der Waals surface area contributed by atoms with Gasteiger partial charge in [-0.2, -0.15) is 0 Å². The number of esters is 1. The quantitative estimate of drug-likeness (QED) is 0.266. The Kier molecular flexibility index (Phi) is 6.71. The summed E-state index contributed by atoms with van der Waals surface area (Å²) in [5.41, 5.74) is 4.42. The monoisotopic (exact) mass is 548 g/mol. The molecule has 1 atom stereocenters. The molecule has 0 radical (unpaired) electrons. The van der Waals surface area contributed by atoms with Gasteiger partial charge in [-0.15, -0.1) is 11.3 Å². The average molecular weight is 549 g/mol. The van der Waals surface area contributed by atoms with Crippen LogP contribution in [0.4, 0.5) is 5.00 Å². The zero-order chi connectivity index (χ0) is 24.5. The zero-order valence-electron chi connectivity index (χ0n) is 19.6. The van der Waals surface area contributed by atoms with E-state index in [-0.39, 0.29) is 11.9 Å². The van der Waals surface area contributed by atoms with Crippen molar-refractivity contribution in [3.63, 3.8) is 0 Å². The van der Waals surface area contributed by atoms with Gasteiger partial charge in [0, 0.05) is 20.3 Å². The van der Waals surface area contributed by atoms with Gasteiger partial charge >= 0.3 is 5.97 Å². The summed E-state index contributed by atoms with van der Waals surface area (Å²) in [5.74, 6) is -0.0819. The third kappa shape index (κ3) is 4.75. The van der Waals surface area contributed by atoms with Crippen molar-refractivity contribution in [2.75, 3.05) is 11.9 Å². The number of anilines is 1. The molecule has 2 aromatic carbocycles. The summed E-state index contributed by atoms with van der Waals surface area (Å²) < 4.78 is 6.34. The fourth-order valence-electron chi connectivity index (χ4n) is 4.56. The normalized spacial score (nSPS) is 15.0. The van der Waals surface area contributed by atoms with Crippen molar-refractivity contribution in [2.24, 2.45) is 5.92 Å². The Morgan fingerprint density at radius 1 is 1.17 bits per heavy atom. The first kappa shape index (κ1) is 23.7. The highest BCUT2D eigenvalue weighted by Crippen LogP contribution is 2.40. The number of para-hydroxylation sites is 1. The molecule has 1 amide bonds. The van der Waals surface area contributed by atoms with Crippen molar-refractivity contribution in [1.29, 1.82) is 0 Å². The van der Waals surface area contributed by atoms with Crippen LogP contribution in [-0.2, 0) is 17.6 Å². The number of fused-ring (bicyclic) bond motifs is 2. The molecule has 1 aliphatic carbocycles. The van der Waals surface area contributed by atoms with Crippen LogP contribution in [0.25, 0.3) is 22.2 Å². The summed E-state index contributed by atoms with van der Waals surface area (Å²) in [6, 6.07) is 17.3. The van der Waals surface area contributed by atoms with E-state index in [4.69, 9.17) is 9.72 Å². The van der Waals surface area contributed by atoms with Crippen LogP contribution in [0.15, 0.2) is 59.1 Å². The van der Waals surface area contributed by atoms with Crippen molar-refractivity contribution in [1.82, 2.24) is 4.98 Å². The van der Waals surface area contributed by atoms with Crippen LogP contribution >= 0.6 is 27.3 Å². The molecule has 0 aliphatic heterocycles. The van der Waals surface area contributed by atoms with Crippen LogP contribution in [-0.4, -0.2) is 23.5 Å². The average Bonchev–Trinajstić information content (AvgIpc) is 3.20. The van der Waals surface area contributed by atoms with Crippen LogP contribution in [0.2, 0.25) is 0 Å². The molecular weight excluding hydrogens is 524 g/mol. The van der Waals surface area contributed by atoms with Crippen LogP contribution in [0.5, 0.6) is 0 Å². The molecule has 5 rings (SSSR count). The van der Waals surface area contributed by atoms with Gasteiger partial charge < -0.3 is 10.1 Å². The summed E-state index contributed by atoms with van der Waals surface area (Å²) >= 11 is 4.97. The number of halogens is 1. The maximum atomic E-state index is 13.7. The van der Waals surface area contributed by atoms with Crippen molar-refractivity contribution >= 4 is 55.0 Å². The second kappa shape index (κ2) is 9.91. The Morgan fingerprint density at radius 3 is 2.71 bits per heavy atom. The molecule has 0 bridgehead atoms. The van der Waals surface area contributed by atoms with Gasteiger partial charge in [-0.25, -0.2) is 9.78 Å². The Hall–Kier alpha value is -3.03. The van der Waals surface area contributed by atoms with E-state index in [9.17, 15) is 9.59 Å². The van der Waals surface area contributed by atoms with Crippen LogP contribution < -0.4 is 5.32 Å². The fraction of sp³-hybridized carbons (Fsp3) is 0.250. The number of thiophene rings is 1. The summed E-state index contributed by atoms with van der Waals surface area (Å²) in [5, 5.41) is 4.39. The first-order valence-electron chi connectivity index (χ1n) is 11.7. The van der Waals surface area contributed by atoms with Crippen molar-refractivity contribution in [3.8, 4) is 11.3 Å². The van der Waals surface area contributed by atoms with Gasteiger partial charge in [-0.1, -0.05) is 53.2 Å². The molecule has 0 saturated carbocycles. The molecule has 2 aromatic heterocycles. The molecule has 178 valence electrons. The maximum Gasteiger partial charge on any atom is 0.341 e. The van der Waals surface area contributed by atoms with E-state index in [1.165, 1.54) is 11.3 Å². The van der Waals surface area contributed by atoms with Gasteiger partial charge in [0.15, 0.2) is 0 Å². The highest BCUT2D eigenvalue weighted by Gasteiger charge is 2.29. The van der Waals surface area contributed by atoms with Gasteiger partial charge in [0.2, 0.25) is 0 Å². The number of rotatable bonds is 5. The zero-order valence-corrected chi connectivity index (χ0v) is 22.0. The van der Waals surface area contributed by atoms with Gasteiger partial charge in [0.05, 0.1) is 28.9 Å². The number of nitrogens with one attached hydrogen (secondary N) is 1. The third-order valence-electron chi connectivity index (χ3n) is 6.32. The van der Waals surface area contributed by atoms with E-state index < -0.39 is 0 Å². The maximum absolute atomic E-state index is 13.7. The van der Waals surface area contributed by atoms with Gasteiger partial charge in [0.1, 0.15) is 5.00 Å². The predicted molar refractivity (Wildman–Crippen MR) is 144 cm³/mol. The minimum Gasteiger partial charge on any atom is -0.462 e. The molecule has 0 spiro atoms. The minimum atomic E-state index is -0.370. The molecule has 0 unspecified atom stereocenters. The number of hydrogen-bond acceptors (Lipinski definition) is 5. The smallest absolute Gasteiger partial charge is 0.341 e. The summed E-state index contributed by atoms with van der Waals surface area (Å²) in [6.45, 7) is 4.31. The molecule has 1 N–H and O–H groups in total. The fourth-order valence-corrected chi connectivity index (χ4v) is 6.22. The lowest BCUT2D eigenvalue weighted by Crippen LogP contribution is -2.17. The van der Waals surface area contributed by atoms with E-state index >= 15 is 0 Å². The second-order valence-electron chi connectivity index (χ2n) is 8.81. The molecule has 0 saturated heterocycles. The largest absolute Gasteiger partial charge is 0.462 e. The first-order chi connectivity index (χ1) is 16.9. The minimum absolute atomic E-state index is 0.265. The first-order valence-corrected chi connectivity index (χ1v) is 13.3. The summed E-state index contributed by atoms with van der Waals surface area (Å²) in [4.78, 5) is 32.5. The molecule has 5 nitrogen and oxygen atoms in total. The standard InChI is InChI=1S/C28H25BrN2O3S/c1-3-34-28(33)25-20-13-8-16(2)14-24(20)35-27(25)31-26(32)21-15-23(17-9-11-18(29)12-10-17)30-22-7-5-4-6-19(21)22/h4-7,9-12,15-16H,3,8,13-14H2,1-2H3,(H,31,32)/t16-/m0/s1. The van der Waals surface area contributed by atoms with Gasteiger partial charge in [-0.05, 0) is 61.9 Å². The van der Waals surface area contributed by atoms with E-state index in [1.807, 2.05) is 54.6 Å². The van der Waals surface area contributed by atoms with E-state index in [0.29, 0.717) is 34.3 Å². The lowest BCUT2D eigenvalue weighted by Gasteiger charge is -2.18. The number of ether oxygens (including phenoxy) is 1. The number of hydrogen-bond donors (Lipinski definition) is 1. The number of pyridine rings is 1. The number of nitrogens with zero attached hydrogens (tertiary/aromatic N) is 1. The second-order valence-corrected chi connectivity index (χ2v) is 10.8. The van der Waals surface area contributed by atoms with E-state index in [1.54, 1.807) is 6.92 Å². The van der Waals surface area contributed by atoms with Gasteiger partial charge in [0.25, 0.3) is 5.91 Å². The number of carbonyl (C=O) groups is 2. The number of aromatic nitrogens is 1. The lowest BCUT2D eigenvalue weighted by atomic mass is 9.88. The van der Waals surface area contributed by atoms with Crippen LogP contribution in [0.1, 0.15) is 51.4 Å². The topological polar surface area (TPSA) is 68.3 Å². The molecular formula is C28H25BrN2O3S. The number of amides is 1. The Morgan fingerprint density at radius 2 is 1.94 bits per heavy atom. The highest BCUT2D eigenvalue weighted by molar-refractivity contribution is 9.10. The van der Waals surface area contributed by atoms with E-state index in [2.05, 4.69) is 28.2 Å². The molecule has 1 aliphatic rings. The van der Waals surface area contributed by atoms with Crippen molar-refractivity contribution in [3.05, 3.63) is 80.6 Å². The van der Waals surface area contributed by atoms with Gasteiger partial charge in [-0.3, -0.25) is 4.79 Å². The Bertz CT molecular complexity index is 1430. The summed E-state index contributed by atoms with van der Waals surface area (Å²) in [7, 11) is 0. The predicted octanol–water partition coefficient (Wildman–Crippen LogP) is 7.28. The SMILES string of the molecule is CCOC(=O)c1c(NC(=O)c2cc(-c3ccc(Br)cc3)nc3ccccc23)sc2c1CC[C@H](C)C2. The van der Waals surface area contributed by atoms with E-state index in [0.717, 1.165) is 50.6 Å². The molecule has 0 fully saturated rings. The molecule has 4 aromatic rings. The van der Waals surface area contributed by atoms with Crippen molar-refractivity contribution in [2.45, 2.75) is 33.1 Å². The lowest BCUT2D eigenvalue weighted by molar-refractivity contribution is 0.0526. The molecule has 35 heavy (non-hydrogen) atoms. The Labute approximate surface area is 216 Å². The number of carbonyl (C=O) groups excluding carboxylic acids is 2. The third-order valence-corrected chi connectivity index (χ3v) is 8.02. The molecule has 7 heteroatoms. The highest BCUT2D eigenvalue weighted by atomic mass is 79.9. The Balaban J connectivity index is 1.57. The summed E-state index contributed by atoms with van der Waals surface area (Å²) in [6.07, 6.45) is 2.76. The van der Waals surface area contributed by atoms with Crippen LogP contribution in [0.3, 0.4) is 0 Å². The number of benzene rings is 2. The van der Waals surface area contributed by atoms with Crippen molar-refractivity contribution < 1.29 is 14.3 Å².